The number of hydrogen-bond donors (Lipinski definition) is 0. The Morgan fingerprint density at radius 3 is 2.32 bits per heavy atom. The second-order valence-electron chi connectivity index (χ2n) is 8.57. The molecule has 2 aromatic heterocycles. The van der Waals surface area contributed by atoms with Crippen molar-refractivity contribution in [3.63, 3.8) is 0 Å². The third kappa shape index (κ3) is 3.58. The predicted octanol–water partition coefficient (Wildman–Crippen LogP) is 2.85. The van der Waals surface area contributed by atoms with Crippen LogP contribution in [0.15, 0.2) is 45.8 Å². The lowest BCUT2D eigenvalue weighted by molar-refractivity contribution is 0.0665. The van der Waals surface area contributed by atoms with E-state index in [0.29, 0.717) is 57.7 Å². The highest BCUT2D eigenvalue weighted by atomic mass is 16.5. The summed E-state index contributed by atoms with van der Waals surface area (Å²) >= 11 is 0. The van der Waals surface area contributed by atoms with Crippen LogP contribution in [0, 0.1) is 6.92 Å². The maximum atomic E-state index is 13.7. The Kier molecular flexibility index (Phi) is 5.49. The number of rotatable bonds is 4. The molecule has 0 N–H and O–H groups in total. The van der Waals surface area contributed by atoms with Gasteiger partial charge in [-0.25, -0.2) is 0 Å². The lowest BCUT2D eigenvalue weighted by atomic mass is 10.0. The van der Waals surface area contributed by atoms with Crippen LogP contribution in [-0.2, 0) is 0 Å². The fourth-order valence-corrected chi connectivity index (χ4v) is 4.39. The van der Waals surface area contributed by atoms with Crippen LogP contribution >= 0.6 is 0 Å². The van der Waals surface area contributed by atoms with E-state index in [-0.39, 0.29) is 11.5 Å². The number of likely N-dealkylation sites (N-methyl/N-ethyl adjacent to an activating group) is 1. The average molecular weight is 463 g/mol. The normalized spacial score (nSPS) is 14.6. The fourth-order valence-electron chi connectivity index (χ4n) is 4.39. The molecule has 1 amide bonds. The van der Waals surface area contributed by atoms with Crippen molar-refractivity contribution in [2.24, 2.45) is 0 Å². The molecule has 9 heteroatoms. The molecule has 1 fully saturated rings. The molecule has 0 unspecified atom stereocenters. The quantitative estimate of drug-likeness (QED) is 0.461. The first-order valence-electron chi connectivity index (χ1n) is 11.1. The molecule has 0 radical (unpaired) electrons. The molecule has 9 nitrogen and oxygen atoms in total. The summed E-state index contributed by atoms with van der Waals surface area (Å²) in [6.07, 6.45) is 1.57. The van der Waals surface area contributed by atoms with Gasteiger partial charge in [0.15, 0.2) is 22.9 Å². The number of fused-ring (bicyclic) bond motifs is 2. The van der Waals surface area contributed by atoms with Crippen molar-refractivity contribution in [3.05, 3.63) is 58.0 Å². The molecule has 176 valence electrons. The number of aromatic nitrogens is 2. The van der Waals surface area contributed by atoms with Crippen LogP contribution in [0.1, 0.15) is 15.9 Å². The Balaban J connectivity index is 1.78. The monoisotopic (exact) mass is 462 g/mol. The van der Waals surface area contributed by atoms with Gasteiger partial charge >= 0.3 is 0 Å². The third-order valence-corrected chi connectivity index (χ3v) is 6.38. The predicted molar refractivity (Wildman–Crippen MR) is 128 cm³/mol. The van der Waals surface area contributed by atoms with E-state index in [0.717, 1.165) is 18.7 Å². The zero-order chi connectivity index (χ0) is 24.0. The summed E-state index contributed by atoms with van der Waals surface area (Å²) in [5, 5.41) is 5.71. The fraction of sp³-hybridized carbons (Fsp3) is 0.320. The molecule has 0 spiro atoms. The number of ether oxygens (including phenoxy) is 2. The van der Waals surface area contributed by atoms with Crippen molar-refractivity contribution in [1.29, 1.82) is 0 Å². The van der Waals surface area contributed by atoms with Crippen molar-refractivity contribution >= 4 is 27.6 Å². The van der Waals surface area contributed by atoms with Gasteiger partial charge in [0.05, 0.1) is 30.6 Å². The number of carbonyl (C=O) groups is 1. The lowest BCUT2D eigenvalue weighted by Crippen LogP contribution is -2.47. The first kappa shape index (κ1) is 22.0. The summed E-state index contributed by atoms with van der Waals surface area (Å²) in [6.45, 7) is 4.74. The van der Waals surface area contributed by atoms with Crippen LogP contribution in [0.3, 0.4) is 0 Å². The Morgan fingerprint density at radius 1 is 0.971 bits per heavy atom. The number of pyridine rings is 1. The minimum absolute atomic E-state index is 0.150. The van der Waals surface area contributed by atoms with E-state index in [1.54, 1.807) is 18.3 Å². The number of carbonyl (C=O) groups excluding carboxylic acids is 1. The van der Waals surface area contributed by atoms with E-state index in [1.807, 2.05) is 37.1 Å². The van der Waals surface area contributed by atoms with Gasteiger partial charge < -0.3 is 23.8 Å². The average Bonchev–Trinajstić information content (AvgIpc) is 3.26. The van der Waals surface area contributed by atoms with Gasteiger partial charge in [-0.15, -0.1) is 0 Å². The first-order chi connectivity index (χ1) is 16.4. The first-order valence-corrected chi connectivity index (χ1v) is 11.1. The molecule has 1 aliphatic rings. The molecule has 5 rings (SSSR count). The number of hydrogen-bond acceptors (Lipinski definition) is 7. The van der Waals surface area contributed by atoms with E-state index in [2.05, 4.69) is 10.1 Å². The third-order valence-electron chi connectivity index (χ3n) is 6.38. The smallest absolute Gasteiger partial charge is 0.264 e. The number of methoxy groups -OCH3 is 2. The Morgan fingerprint density at radius 2 is 1.65 bits per heavy atom. The van der Waals surface area contributed by atoms with Crippen molar-refractivity contribution < 1.29 is 18.8 Å². The Hall–Kier alpha value is -3.85. The topological polar surface area (TPSA) is 90.0 Å². The number of benzene rings is 2. The van der Waals surface area contributed by atoms with Crippen LogP contribution in [0.4, 0.5) is 0 Å². The summed E-state index contributed by atoms with van der Waals surface area (Å²) in [5.41, 5.74) is 1.63. The minimum atomic E-state index is -0.331. The maximum Gasteiger partial charge on any atom is 0.264 e. The van der Waals surface area contributed by atoms with Crippen LogP contribution in [-0.4, -0.2) is 72.9 Å². The highest BCUT2D eigenvalue weighted by molar-refractivity contribution is 6.07. The molecule has 2 aromatic carbocycles. The number of nitrogens with zero attached hydrogens (tertiary/aromatic N) is 4. The molecule has 0 bridgehead atoms. The summed E-state index contributed by atoms with van der Waals surface area (Å²) in [4.78, 5) is 31.4. The van der Waals surface area contributed by atoms with E-state index in [9.17, 15) is 9.59 Å². The van der Waals surface area contributed by atoms with Crippen LogP contribution < -0.4 is 15.0 Å². The largest absolute Gasteiger partial charge is 0.493 e. The van der Waals surface area contributed by atoms with Gasteiger partial charge in [-0.2, -0.15) is 0 Å². The van der Waals surface area contributed by atoms with Crippen LogP contribution in [0.5, 0.6) is 11.5 Å². The van der Waals surface area contributed by atoms with Gasteiger partial charge in [0, 0.05) is 37.8 Å². The van der Waals surface area contributed by atoms with E-state index in [1.165, 1.54) is 18.8 Å². The van der Waals surface area contributed by atoms with Crippen LogP contribution in [0.25, 0.3) is 27.6 Å². The summed E-state index contributed by atoms with van der Waals surface area (Å²) in [7, 11) is 5.07. The second-order valence-corrected chi connectivity index (χ2v) is 8.57. The highest BCUT2D eigenvalue weighted by Crippen LogP contribution is 2.33. The maximum absolute atomic E-state index is 13.7. The molecule has 34 heavy (non-hydrogen) atoms. The van der Waals surface area contributed by atoms with Gasteiger partial charge in [0.1, 0.15) is 0 Å². The summed E-state index contributed by atoms with van der Waals surface area (Å²) in [5.74, 6) is 1.04. The van der Waals surface area contributed by atoms with Gasteiger partial charge in [0.25, 0.3) is 11.5 Å². The SMILES string of the molecule is COc1cc2c(C(=O)N3CCN(C)CC3)cn(-c3noc4ccc(C)cc34)c(=O)c2cc1OC. The standard InChI is InChI=1S/C25H26N4O5/c1-15-5-6-20-18(11-15)23(26-34-20)29-14-19(24(30)28-9-7-27(2)8-10-28)16-12-21(32-3)22(33-4)13-17(16)25(29)31/h5-6,11-14H,7-10H2,1-4H3. The van der Waals surface area contributed by atoms with Gasteiger partial charge in [-0.3, -0.25) is 14.2 Å². The summed E-state index contributed by atoms with van der Waals surface area (Å²) in [6, 6.07) is 8.95. The Bertz CT molecular complexity index is 1460. The molecule has 1 aliphatic heterocycles. The molecule has 3 heterocycles. The highest BCUT2D eigenvalue weighted by Gasteiger charge is 2.26. The van der Waals surface area contributed by atoms with Crippen molar-refractivity contribution in [2.45, 2.75) is 6.92 Å². The molecule has 4 aromatic rings. The molecule has 0 aliphatic carbocycles. The molecule has 0 atom stereocenters. The van der Waals surface area contributed by atoms with Crippen LogP contribution in [0.2, 0.25) is 0 Å². The van der Waals surface area contributed by atoms with Crippen molar-refractivity contribution in [1.82, 2.24) is 19.5 Å². The number of amides is 1. The Labute approximate surface area is 196 Å². The molecular formula is C25H26N4O5. The molecular weight excluding hydrogens is 436 g/mol. The lowest BCUT2D eigenvalue weighted by Gasteiger charge is -2.32. The summed E-state index contributed by atoms with van der Waals surface area (Å²) < 4.78 is 17.8. The second kappa shape index (κ2) is 8.49. The van der Waals surface area contributed by atoms with Gasteiger partial charge in [-0.1, -0.05) is 16.8 Å². The van der Waals surface area contributed by atoms with Gasteiger partial charge in [-0.05, 0) is 38.2 Å². The number of piperazine rings is 1. The van der Waals surface area contributed by atoms with E-state index < -0.39 is 0 Å². The zero-order valence-electron chi connectivity index (χ0n) is 19.6. The van der Waals surface area contributed by atoms with Gasteiger partial charge in [0.2, 0.25) is 0 Å². The van der Waals surface area contributed by atoms with E-state index in [4.69, 9.17) is 14.0 Å². The minimum Gasteiger partial charge on any atom is -0.493 e. The number of aryl methyl sites for hydroxylation is 1. The van der Waals surface area contributed by atoms with Crippen molar-refractivity contribution in [3.8, 4) is 17.3 Å². The van der Waals surface area contributed by atoms with E-state index >= 15 is 0 Å². The molecule has 1 saturated heterocycles. The molecule has 0 saturated carbocycles. The zero-order valence-corrected chi connectivity index (χ0v) is 19.6. The van der Waals surface area contributed by atoms with Crippen molar-refractivity contribution in [2.75, 3.05) is 47.4 Å².